The number of anilines is 1. The number of pyridine rings is 1. The van der Waals surface area contributed by atoms with Crippen molar-refractivity contribution in [3.8, 4) is 0 Å². The summed E-state index contributed by atoms with van der Waals surface area (Å²) < 4.78 is 0. The van der Waals surface area contributed by atoms with Gasteiger partial charge in [-0.1, -0.05) is 13.8 Å². The van der Waals surface area contributed by atoms with E-state index in [1.54, 1.807) is 0 Å². The van der Waals surface area contributed by atoms with Crippen molar-refractivity contribution in [3.63, 3.8) is 0 Å². The summed E-state index contributed by atoms with van der Waals surface area (Å²) >= 11 is 0. The fourth-order valence-corrected chi connectivity index (χ4v) is 1.74. The largest absolute Gasteiger partial charge is 0.481 e. The van der Waals surface area contributed by atoms with Crippen LogP contribution in [0, 0.1) is 15.5 Å². The number of carboxylic acids is 1. The zero-order valence-electron chi connectivity index (χ0n) is 10.9. The number of nitro groups is 1. The molecule has 0 unspecified atom stereocenters. The van der Waals surface area contributed by atoms with Gasteiger partial charge in [-0.25, -0.2) is 4.98 Å². The third-order valence-electron chi connectivity index (χ3n) is 3.37. The van der Waals surface area contributed by atoms with Crippen molar-refractivity contribution in [2.24, 2.45) is 5.41 Å². The van der Waals surface area contributed by atoms with Crippen molar-refractivity contribution in [3.05, 3.63) is 28.4 Å². The van der Waals surface area contributed by atoms with Crippen LogP contribution < -0.4 is 5.32 Å². The Kier molecular flexibility index (Phi) is 4.80. The quantitative estimate of drug-likeness (QED) is 0.580. The molecule has 0 amide bonds. The van der Waals surface area contributed by atoms with Crippen molar-refractivity contribution in [1.82, 2.24) is 4.98 Å². The molecule has 0 saturated carbocycles. The van der Waals surface area contributed by atoms with Crippen LogP contribution in [0.25, 0.3) is 0 Å². The molecule has 1 aromatic heterocycles. The van der Waals surface area contributed by atoms with Crippen molar-refractivity contribution in [1.29, 1.82) is 0 Å². The summed E-state index contributed by atoms with van der Waals surface area (Å²) in [5.41, 5.74) is -0.940. The molecular weight excluding hydrogens is 250 g/mol. The van der Waals surface area contributed by atoms with Gasteiger partial charge in [0.25, 0.3) is 5.69 Å². The monoisotopic (exact) mass is 267 g/mol. The maximum atomic E-state index is 11.3. The second-order valence-corrected chi connectivity index (χ2v) is 4.30. The van der Waals surface area contributed by atoms with Crippen molar-refractivity contribution >= 4 is 17.5 Å². The first-order valence-corrected chi connectivity index (χ1v) is 6.03. The Labute approximate surface area is 110 Å². The first-order valence-electron chi connectivity index (χ1n) is 6.03. The third kappa shape index (κ3) is 3.40. The average molecular weight is 267 g/mol. The van der Waals surface area contributed by atoms with E-state index in [1.807, 2.05) is 13.8 Å². The molecule has 0 saturated heterocycles. The highest BCUT2D eigenvalue weighted by Gasteiger charge is 2.34. The second-order valence-electron chi connectivity index (χ2n) is 4.30. The van der Waals surface area contributed by atoms with Crippen molar-refractivity contribution in [2.45, 2.75) is 26.7 Å². The Morgan fingerprint density at radius 1 is 1.47 bits per heavy atom. The number of aliphatic carboxylic acids is 1. The fraction of sp³-hybridized carbons (Fsp3) is 0.500. The lowest BCUT2D eigenvalue weighted by Gasteiger charge is -2.27. The number of aromatic nitrogens is 1. The van der Waals surface area contributed by atoms with E-state index < -0.39 is 16.3 Å². The molecule has 0 fully saturated rings. The topological polar surface area (TPSA) is 105 Å². The molecule has 7 nitrogen and oxygen atoms in total. The first-order chi connectivity index (χ1) is 8.95. The van der Waals surface area contributed by atoms with Gasteiger partial charge < -0.3 is 10.4 Å². The summed E-state index contributed by atoms with van der Waals surface area (Å²) in [6.45, 7) is 3.88. The highest BCUT2D eigenvalue weighted by atomic mass is 16.6. The third-order valence-corrected chi connectivity index (χ3v) is 3.37. The number of hydrogen-bond acceptors (Lipinski definition) is 5. The van der Waals surface area contributed by atoms with Crippen LogP contribution in [0.3, 0.4) is 0 Å². The minimum Gasteiger partial charge on any atom is -0.481 e. The van der Waals surface area contributed by atoms with E-state index in [4.69, 9.17) is 0 Å². The molecule has 0 aromatic carbocycles. The Bertz CT molecular complexity index is 455. The minimum absolute atomic E-state index is 0.0963. The zero-order chi connectivity index (χ0) is 14.5. The number of hydrogen-bond donors (Lipinski definition) is 2. The number of rotatable bonds is 7. The molecule has 1 heterocycles. The molecule has 0 atom stereocenters. The Balaban J connectivity index is 2.75. The first kappa shape index (κ1) is 14.9. The van der Waals surface area contributed by atoms with E-state index >= 15 is 0 Å². The van der Waals surface area contributed by atoms with E-state index in [0.717, 1.165) is 6.20 Å². The maximum absolute atomic E-state index is 11.3. The molecule has 1 rings (SSSR count). The van der Waals surface area contributed by atoms with E-state index in [0.29, 0.717) is 18.7 Å². The van der Waals surface area contributed by atoms with Crippen LogP contribution in [0.15, 0.2) is 18.3 Å². The van der Waals surface area contributed by atoms with Crippen LogP contribution in [-0.2, 0) is 4.79 Å². The molecule has 0 radical (unpaired) electrons. The van der Waals surface area contributed by atoms with Gasteiger partial charge in [0, 0.05) is 12.6 Å². The lowest BCUT2D eigenvalue weighted by Crippen LogP contribution is -2.37. The predicted molar refractivity (Wildman–Crippen MR) is 70.0 cm³/mol. The van der Waals surface area contributed by atoms with Crippen LogP contribution in [-0.4, -0.2) is 27.5 Å². The maximum Gasteiger partial charge on any atom is 0.311 e. The summed E-state index contributed by atoms with van der Waals surface area (Å²) in [7, 11) is 0. The van der Waals surface area contributed by atoms with Gasteiger partial charge in [-0.05, 0) is 18.9 Å². The van der Waals surface area contributed by atoms with Gasteiger partial charge in [0.1, 0.15) is 12.0 Å². The summed E-state index contributed by atoms with van der Waals surface area (Å²) in [5.74, 6) is -0.426. The SMILES string of the molecule is CCC(CC)(CNc1ccc([N+](=O)[O-])cn1)C(=O)O. The van der Waals surface area contributed by atoms with E-state index in [1.165, 1.54) is 12.1 Å². The molecule has 19 heavy (non-hydrogen) atoms. The number of nitrogens with one attached hydrogen (secondary N) is 1. The summed E-state index contributed by atoms with van der Waals surface area (Å²) in [6.07, 6.45) is 2.14. The van der Waals surface area contributed by atoms with Gasteiger partial charge in [0.2, 0.25) is 0 Å². The smallest absolute Gasteiger partial charge is 0.311 e. The van der Waals surface area contributed by atoms with Gasteiger partial charge in [0.05, 0.1) is 10.3 Å². The van der Waals surface area contributed by atoms with E-state index in [9.17, 15) is 20.0 Å². The molecule has 0 bridgehead atoms. The highest BCUT2D eigenvalue weighted by molar-refractivity contribution is 5.75. The molecular formula is C12H17N3O4. The zero-order valence-corrected chi connectivity index (χ0v) is 10.9. The van der Waals surface area contributed by atoms with E-state index in [2.05, 4.69) is 10.3 Å². The second kappa shape index (κ2) is 6.12. The van der Waals surface area contributed by atoms with Gasteiger partial charge in [-0.15, -0.1) is 0 Å². The van der Waals surface area contributed by atoms with E-state index in [-0.39, 0.29) is 12.2 Å². The molecule has 0 aliphatic heterocycles. The lowest BCUT2D eigenvalue weighted by molar-refractivity contribution is -0.385. The molecule has 104 valence electrons. The summed E-state index contributed by atoms with van der Waals surface area (Å²) in [4.78, 5) is 25.1. The molecule has 0 aliphatic rings. The van der Waals surface area contributed by atoms with Crippen LogP contribution in [0.1, 0.15) is 26.7 Å². The predicted octanol–water partition coefficient (Wildman–Crippen LogP) is 2.29. The van der Waals surface area contributed by atoms with Crippen LogP contribution in [0.2, 0.25) is 0 Å². The van der Waals surface area contributed by atoms with Gasteiger partial charge in [0.15, 0.2) is 0 Å². The minimum atomic E-state index is -0.855. The Hall–Kier alpha value is -2.18. The average Bonchev–Trinajstić information content (AvgIpc) is 2.40. The molecule has 1 aromatic rings. The molecule has 2 N–H and O–H groups in total. The van der Waals surface area contributed by atoms with Crippen LogP contribution >= 0.6 is 0 Å². The number of carboxylic acid groups (broad SMARTS) is 1. The van der Waals surface area contributed by atoms with Gasteiger partial charge in [-0.2, -0.15) is 0 Å². The van der Waals surface area contributed by atoms with Crippen LogP contribution in [0.5, 0.6) is 0 Å². The van der Waals surface area contributed by atoms with Crippen LogP contribution in [0.4, 0.5) is 11.5 Å². The molecule has 0 aliphatic carbocycles. The van der Waals surface area contributed by atoms with Gasteiger partial charge >= 0.3 is 5.97 Å². The van der Waals surface area contributed by atoms with Gasteiger partial charge in [-0.3, -0.25) is 14.9 Å². The standard InChI is InChI=1S/C12H17N3O4/c1-3-12(4-2,11(16)17)8-14-10-6-5-9(7-13-10)15(18)19/h5-7H,3-4,8H2,1-2H3,(H,13,14)(H,16,17). The Morgan fingerprint density at radius 3 is 2.47 bits per heavy atom. The normalized spacial score (nSPS) is 11.1. The van der Waals surface area contributed by atoms with Crippen molar-refractivity contribution in [2.75, 3.05) is 11.9 Å². The Morgan fingerprint density at radius 2 is 2.11 bits per heavy atom. The number of carbonyl (C=O) groups is 1. The number of nitrogens with zero attached hydrogens (tertiary/aromatic N) is 2. The van der Waals surface area contributed by atoms with Crippen molar-refractivity contribution < 1.29 is 14.8 Å². The molecule has 7 heteroatoms. The fourth-order valence-electron chi connectivity index (χ4n) is 1.74. The summed E-state index contributed by atoms with van der Waals surface area (Å²) in [6, 6.07) is 2.80. The highest BCUT2D eigenvalue weighted by Crippen LogP contribution is 2.27. The molecule has 0 spiro atoms. The summed E-state index contributed by atoms with van der Waals surface area (Å²) in [5, 5.41) is 22.7. The lowest BCUT2D eigenvalue weighted by atomic mass is 9.82.